The van der Waals surface area contributed by atoms with Crippen molar-refractivity contribution >= 4 is 0 Å². The SMILES string of the molecule is CCC1CCc2nnc(C(F)(F)F)n2C1. The van der Waals surface area contributed by atoms with Crippen LogP contribution in [-0.4, -0.2) is 14.8 Å². The van der Waals surface area contributed by atoms with Gasteiger partial charge in [-0.05, 0) is 12.3 Å². The Kier molecular flexibility index (Phi) is 2.44. The molecule has 0 N–H and O–H groups in total. The minimum atomic E-state index is -4.39. The number of hydrogen-bond donors (Lipinski definition) is 0. The van der Waals surface area contributed by atoms with Crippen molar-refractivity contribution in [2.24, 2.45) is 5.92 Å². The van der Waals surface area contributed by atoms with E-state index in [9.17, 15) is 13.2 Å². The summed E-state index contributed by atoms with van der Waals surface area (Å²) in [5, 5.41) is 6.81. The van der Waals surface area contributed by atoms with Crippen molar-refractivity contribution in [3.63, 3.8) is 0 Å². The lowest BCUT2D eigenvalue weighted by Gasteiger charge is -2.23. The molecule has 15 heavy (non-hydrogen) atoms. The summed E-state index contributed by atoms with van der Waals surface area (Å²) in [6, 6.07) is 0. The highest BCUT2D eigenvalue weighted by Gasteiger charge is 2.39. The largest absolute Gasteiger partial charge is 0.451 e. The molecule has 84 valence electrons. The van der Waals surface area contributed by atoms with E-state index in [0.717, 1.165) is 12.8 Å². The Balaban J connectivity index is 2.34. The molecule has 0 amide bonds. The van der Waals surface area contributed by atoms with Gasteiger partial charge in [-0.15, -0.1) is 10.2 Å². The Morgan fingerprint density at radius 2 is 2.13 bits per heavy atom. The summed E-state index contributed by atoms with van der Waals surface area (Å²) in [4.78, 5) is 0. The molecule has 1 aliphatic rings. The van der Waals surface area contributed by atoms with Gasteiger partial charge in [0.05, 0.1) is 0 Å². The predicted molar refractivity (Wildman–Crippen MR) is 47.1 cm³/mol. The molecule has 6 heteroatoms. The van der Waals surface area contributed by atoms with E-state index in [4.69, 9.17) is 0 Å². The third kappa shape index (κ3) is 1.85. The lowest BCUT2D eigenvalue weighted by molar-refractivity contribution is -0.148. The van der Waals surface area contributed by atoms with Gasteiger partial charge >= 0.3 is 6.18 Å². The average molecular weight is 219 g/mol. The second-order valence-corrected chi connectivity index (χ2v) is 3.86. The van der Waals surface area contributed by atoms with Crippen molar-refractivity contribution in [3.8, 4) is 0 Å². The maximum atomic E-state index is 12.5. The van der Waals surface area contributed by atoms with Gasteiger partial charge in [0.2, 0.25) is 5.82 Å². The summed E-state index contributed by atoms with van der Waals surface area (Å²) in [7, 11) is 0. The van der Waals surface area contributed by atoms with Gasteiger partial charge in [-0.25, -0.2) is 0 Å². The molecule has 1 aromatic heterocycles. The van der Waals surface area contributed by atoms with Gasteiger partial charge in [0.15, 0.2) is 0 Å². The molecule has 0 aromatic carbocycles. The van der Waals surface area contributed by atoms with E-state index in [-0.39, 0.29) is 0 Å². The molecule has 1 aliphatic heterocycles. The molecular formula is C9H12F3N3. The second kappa shape index (κ2) is 3.50. The predicted octanol–water partition coefficient (Wildman–Crippen LogP) is 2.27. The first-order valence-electron chi connectivity index (χ1n) is 5.01. The first-order valence-corrected chi connectivity index (χ1v) is 5.01. The summed E-state index contributed by atoms with van der Waals surface area (Å²) in [5.74, 6) is -0.0720. The first-order chi connectivity index (χ1) is 7.02. The number of halogens is 3. The van der Waals surface area contributed by atoms with Crippen molar-refractivity contribution < 1.29 is 13.2 Å². The summed E-state index contributed by atoms with van der Waals surface area (Å²) in [6.07, 6.45) is -1.98. The highest BCUT2D eigenvalue weighted by molar-refractivity contribution is 5.02. The lowest BCUT2D eigenvalue weighted by Crippen LogP contribution is -2.24. The standard InChI is InChI=1S/C9H12F3N3/c1-2-6-3-4-7-13-14-8(9(10,11)12)15(7)5-6/h6H,2-5H2,1H3. The molecule has 0 radical (unpaired) electrons. The number of aryl methyl sites for hydroxylation is 1. The molecule has 1 atom stereocenters. The highest BCUT2D eigenvalue weighted by Crippen LogP contribution is 2.31. The molecule has 0 aliphatic carbocycles. The maximum absolute atomic E-state index is 12.5. The fraction of sp³-hybridized carbons (Fsp3) is 0.778. The monoisotopic (exact) mass is 219 g/mol. The van der Waals surface area contributed by atoms with Gasteiger partial charge in [0.1, 0.15) is 5.82 Å². The Bertz CT molecular complexity index is 356. The molecule has 0 fully saturated rings. The van der Waals surface area contributed by atoms with Crippen LogP contribution in [0, 0.1) is 5.92 Å². The maximum Gasteiger partial charge on any atom is 0.451 e. The fourth-order valence-electron chi connectivity index (χ4n) is 1.94. The third-order valence-corrected chi connectivity index (χ3v) is 2.88. The van der Waals surface area contributed by atoms with E-state index in [2.05, 4.69) is 10.2 Å². The van der Waals surface area contributed by atoms with E-state index >= 15 is 0 Å². The molecule has 1 aromatic rings. The van der Waals surface area contributed by atoms with Crippen molar-refractivity contribution in [2.75, 3.05) is 0 Å². The van der Waals surface area contributed by atoms with Crippen LogP contribution in [0.25, 0.3) is 0 Å². The Morgan fingerprint density at radius 3 is 2.73 bits per heavy atom. The molecule has 2 heterocycles. The summed E-state index contributed by atoms with van der Waals surface area (Å²) >= 11 is 0. The highest BCUT2D eigenvalue weighted by atomic mass is 19.4. The van der Waals surface area contributed by atoms with E-state index in [1.807, 2.05) is 6.92 Å². The van der Waals surface area contributed by atoms with E-state index in [1.54, 1.807) is 0 Å². The van der Waals surface area contributed by atoms with E-state index in [0.29, 0.717) is 24.7 Å². The van der Waals surface area contributed by atoms with Gasteiger partial charge in [0, 0.05) is 13.0 Å². The zero-order chi connectivity index (χ0) is 11.1. The van der Waals surface area contributed by atoms with Crippen molar-refractivity contribution in [3.05, 3.63) is 11.6 Å². The van der Waals surface area contributed by atoms with Crippen LogP contribution >= 0.6 is 0 Å². The summed E-state index contributed by atoms with van der Waals surface area (Å²) in [6.45, 7) is 2.39. The molecule has 3 nitrogen and oxygen atoms in total. The molecule has 0 spiro atoms. The minimum absolute atomic E-state index is 0.314. The van der Waals surface area contributed by atoms with Crippen molar-refractivity contribution in [2.45, 2.75) is 38.9 Å². The number of hydrogen-bond acceptors (Lipinski definition) is 2. The fourth-order valence-corrected chi connectivity index (χ4v) is 1.94. The van der Waals surface area contributed by atoms with E-state index < -0.39 is 12.0 Å². The quantitative estimate of drug-likeness (QED) is 0.725. The van der Waals surface area contributed by atoms with E-state index in [1.165, 1.54) is 4.57 Å². The van der Waals surface area contributed by atoms with Crippen LogP contribution in [-0.2, 0) is 19.1 Å². The smallest absolute Gasteiger partial charge is 0.307 e. The number of nitrogens with zero attached hydrogens (tertiary/aromatic N) is 3. The van der Waals surface area contributed by atoms with Crippen LogP contribution in [0.5, 0.6) is 0 Å². The number of rotatable bonds is 1. The van der Waals surface area contributed by atoms with Crippen LogP contribution in [0.3, 0.4) is 0 Å². The zero-order valence-electron chi connectivity index (χ0n) is 8.38. The van der Waals surface area contributed by atoms with Crippen LogP contribution in [0.4, 0.5) is 13.2 Å². The summed E-state index contributed by atoms with van der Waals surface area (Å²) in [5.41, 5.74) is 0. The number of fused-ring (bicyclic) bond motifs is 1. The molecule has 0 saturated carbocycles. The normalized spacial score (nSPS) is 21.5. The van der Waals surface area contributed by atoms with Gasteiger partial charge < -0.3 is 4.57 Å². The van der Waals surface area contributed by atoms with Gasteiger partial charge in [-0.3, -0.25) is 0 Å². The Hall–Kier alpha value is -1.07. The first kappa shape index (κ1) is 10.4. The second-order valence-electron chi connectivity index (χ2n) is 3.86. The van der Waals surface area contributed by atoms with Crippen LogP contribution in [0.1, 0.15) is 31.4 Å². The number of aromatic nitrogens is 3. The molecule has 0 saturated heterocycles. The van der Waals surface area contributed by atoms with Gasteiger partial charge in [-0.1, -0.05) is 13.3 Å². The Morgan fingerprint density at radius 1 is 1.40 bits per heavy atom. The molecule has 0 bridgehead atoms. The molecule has 2 rings (SSSR count). The van der Waals surface area contributed by atoms with Crippen LogP contribution < -0.4 is 0 Å². The molecular weight excluding hydrogens is 207 g/mol. The van der Waals surface area contributed by atoms with Crippen molar-refractivity contribution in [1.82, 2.24) is 14.8 Å². The minimum Gasteiger partial charge on any atom is -0.307 e. The third-order valence-electron chi connectivity index (χ3n) is 2.88. The van der Waals surface area contributed by atoms with Crippen LogP contribution in [0.2, 0.25) is 0 Å². The summed E-state index contributed by atoms with van der Waals surface area (Å²) < 4.78 is 38.8. The van der Waals surface area contributed by atoms with Crippen molar-refractivity contribution in [1.29, 1.82) is 0 Å². The molecule has 1 unspecified atom stereocenters. The van der Waals surface area contributed by atoms with Gasteiger partial charge in [0.25, 0.3) is 0 Å². The van der Waals surface area contributed by atoms with Gasteiger partial charge in [-0.2, -0.15) is 13.2 Å². The number of alkyl halides is 3. The zero-order valence-corrected chi connectivity index (χ0v) is 8.38. The topological polar surface area (TPSA) is 30.7 Å². The average Bonchev–Trinajstić information content (AvgIpc) is 2.59. The Labute approximate surface area is 85.3 Å². The lowest BCUT2D eigenvalue weighted by atomic mass is 9.97. The van der Waals surface area contributed by atoms with Crippen LogP contribution in [0.15, 0.2) is 0 Å².